The van der Waals surface area contributed by atoms with Crippen LogP contribution in [0.15, 0.2) is 5.18 Å². The Morgan fingerprint density at radius 2 is 1.72 bits per heavy atom. The molecule has 9 atom stereocenters. The summed E-state index contributed by atoms with van der Waals surface area (Å²) in [5.74, 6) is 5.95. The van der Waals surface area contributed by atoms with E-state index in [1.807, 2.05) is 0 Å². The molecular weight excluding hydrogens is 306 g/mol. The molecular formula is C23H39NO. The van der Waals surface area contributed by atoms with Gasteiger partial charge in [-0.25, -0.2) is 0 Å². The molecule has 0 bridgehead atoms. The zero-order chi connectivity index (χ0) is 17.8. The Labute approximate surface area is 154 Å². The molecule has 0 amide bonds. The van der Waals surface area contributed by atoms with Crippen molar-refractivity contribution in [2.24, 2.45) is 57.4 Å². The summed E-state index contributed by atoms with van der Waals surface area (Å²) in [6, 6.07) is 0. The molecule has 0 aromatic rings. The topological polar surface area (TPSA) is 29.4 Å². The lowest BCUT2D eigenvalue weighted by atomic mass is 9.43. The summed E-state index contributed by atoms with van der Waals surface area (Å²) in [7, 11) is 0. The van der Waals surface area contributed by atoms with E-state index < -0.39 is 0 Å². The molecule has 4 fully saturated rings. The summed E-state index contributed by atoms with van der Waals surface area (Å²) in [5.41, 5.74) is 1.10. The van der Waals surface area contributed by atoms with E-state index in [1.54, 1.807) is 0 Å². The Hall–Kier alpha value is -0.400. The summed E-state index contributed by atoms with van der Waals surface area (Å²) in [6.07, 6.45) is 13.0. The molecule has 4 aliphatic rings. The average molecular weight is 346 g/mol. The van der Waals surface area contributed by atoms with Crippen LogP contribution in [0.2, 0.25) is 0 Å². The van der Waals surface area contributed by atoms with Crippen LogP contribution in [0.4, 0.5) is 0 Å². The van der Waals surface area contributed by atoms with Gasteiger partial charge in [0.25, 0.3) is 0 Å². The Bertz CT molecular complexity index is 518. The first-order valence-electron chi connectivity index (χ1n) is 11.2. The molecule has 2 heteroatoms. The third-order valence-corrected chi connectivity index (χ3v) is 10.1. The molecule has 142 valence electrons. The number of nitroso groups, excluding NO2 is 1. The van der Waals surface area contributed by atoms with E-state index in [9.17, 15) is 4.91 Å². The summed E-state index contributed by atoms with van der Waals surface area (Å²) >= 11 is 0. The van der Waals surface area contributed by atoms with Crippen molar-refractivity contribution in [3.8, 4) is 0 Å². The van der Waals surface area contributed by atoms with Crippen LogP contribution in [0, 0.1) is 57.2 Å². The van der Waals surface area contributed by atoms with Gasteiger partial charge in [0.1, 0.15) is 0 Å². The first kappa shape index (κ1) is 18.0. The van der Waals surface area contributed by atoms with E-state index in [0.717, 1.165) is 35.5 Å². The van der Waals surface area contributed by atoms with Crippen LogP contribution < -0.4 is 0 Å². The van der Waals surface area contributed by atoms with Crippen molar-refractivity contribution in [1.29, 1.82) is 0 Å². The van der Waals surface area contributed by atoms with Gasteiger partial charge in [0, 0.05) is 0 Å². The predicted octanol–water partition coefficient (Wildman–Crippen LogP) is 6.68. The molecule has 6 unspecified atom stereocenters. The van der Waals surface area contributed by atoms with E-state index in [1.165, 1.54) is 57.8 Å². The predicted molar refractivity (Wildman–Crippen MR) is 104 cm³/mol. The Kier molecular flexibility index (Phi) is 4.56. The number of nitrogens with zero attached hydrogens (tertiary/aromatic N) is 1. The Morgan fingerprint density at radius 3 is 2.48 bits per heavy atom. The maximum absolute atomic E-state index is 10.9. The van der Waals surface area contributed by atoms with Crippen molar-refractivity contribution in [3.05, 3.63) is 4.91 Å². The summed E-state index contributed by atoms with van der Waals surface area (Å²) in [5, 5.41) is 3.26. The summed E-state index contributed by atoms with van der Waals surface area (Å²) < 4.78 is 0. The Balaban J connectivity index is 1.61. The van der Waals surface area contributed by atoms with Gasteiger partial charge in [-0.3, -0.25) is 0 Å². The summed E-state index contributed by atoms with van der Waals surface area (Å²) in [6.45, 7) is 10.7. The molecule has 2 nitrogen and oxygen atoms in total. The molecule has 0 spiro atoms. The highest BCUT2D eigenvalue weighted by Crippen LogP contribution is 2.69. The highest BCUT2D eigenvalue weighted by molar-refractivity contribution is 5.10. The van der Waals surface area contributed by atoms with E-state index in [-0.39, 0.29) is 0 Å². The second kappa shape index (κ2) is 6.34. The molecule has 0 aromatic heterocycles. The smallest absolute Gasteiger partial charge is 0.0839 e. The minimum Gasteiger partial charge on any atom is -0.151 e. The second-order valence-electron chi connectivity index (χ2n) is 11.0. The van der Waals surface area contributed by atoms with Crippen molar-refractivity contribution >= 4 is 0 Å². The van der Waals surface area contributed by atoms with Gasteiger partial charge < -0.3 is 0 Å². The third kappa shape index (κ3) is 2.56. The fraction of sp³-hybridized carbons (Fsp3) is 1.00. The second-order valence-corrected chi connectivity index (χ2v) is 11.0. The average Bonchev–Trinajstić information content (AvgIpc) is 2.92. The third-order valence-electron chi connectivity index (χ3n) is 10.1. The fourth-order valence-corrected chi connectivity index (χ4v) is 9.03. The van der Waals surface area contributed by atoms with Crippen LogP contribution in [0.25, 0.3) is 0 Å². The zero-order valence-corrected chi connectivity index (χ0v) is 17.0. The summed E-state index contributed by atoms with van der Waals surface area (Å²) in [4.78, 5) is 10.9. The van der Waals surface area contributed by atoms with Crippen LogP contribution >= 0.6 is 0 Å². The van der Waals surface area contributed by atoms with Gasteiger partial charge in [-0.15, -0.1) is 0 Å². The number of fused-ring (bicyclic) bond motifs is 5. The van der Waals surface area contributed by atoms with Gasteiger partial charge in [-0.2, -0.15) is 4.91 Å². The molecule has 0 heterocycles. The van der Waals surface area contributed by atoms with Crippen molar-refractivity contribution in [3.63, 3.8) is 0 Å². The quantitative estimate of drug-likeness (QED) is 0.524. The molecule has 4 saturated carbocycles. The lowest BCUT2D eigenvalue weighted by Gasteiger charge is -2.62. The van der Waals surface area contributed by atoms with Gasteiger partial charge in [-0.05, 0) is 97.2 Å². The highest BCUT2D eigenvalue weighted by Gasteiger charge is 2.61. The first-order valence-corrected chi connectivity index (χ1v) is 11.2. The molecule has 0 radical (unpaired) electrons. The highest BCUT2D eigenvalue weighted by atomic mass is 16.3. The molecule has 0 aliphatic heterocycles. The maximum atomic E-state index is 10.9. The Morgan fingerprint density at radius 1 is 0.960 bits per heavy atom. The van der Waals surface area contributed by atoms with Crippen molar-refractivity contribution < 1.29 is 0 Å². The van der Waals surface area contributed by atoms with Crippen LogP contribution in [0.3, 0.4) is 0 Å². The van der Waals surface area contributed by atoms with E-state index >= 15 is 0 Å². The van der Waals surface area contributed by atoms with Crippen LogP contribution in [0.5, 0.6) is 0 Å². The maximum Gasteiger partial charge on any atom is 0.0839 e. The van der Waals surface area contributed by atoms with E-state index in [2.05, 4.69) is 32.9 Å². The number of rotatable bonds is 3. The lowest BCUT2D eigenvalue weighted by molar-refractivity contribution is -0.134. The van der Waals surface area contributed by atoms with E-state index in [4.69, 9.17) is 0 Å². The van der Waals surface area contributed by atoms with Crippen molar-refractivity contribution in [2.45, 2.75) is 85.5 Å². The monoisotopic (exact) mass is 345 g/mol. The van der Waals surface area contributed by atoms with Crippen molar-refractivity contribution in [1.82, 2.24) is 0 Å². The molecule has 0 N–H and O–H groups in total. The zero-order valence-electron chi connectivity index (χ0n) is 17.0. The molecule has 4 aliphatic carbocycles. The molecule has 0 aromatic carbocycles. The van der Waals surface area contributed by atoms with Crippen LogP contribution in [-0.4, -0.2) is 6.54 Å². The lowest BCUT2D eigenvalue weighted by Crippen LogP contribution is -2.55. The van der Waals surface area contributed by atoms with Gasteiger partial charge in [0.05, 0.1) is 6.54 Å². The van der Waals surface area contributed by atoms with Crippen LogP contribution in [-0.2, 0) is 0 Å². The SMILES string of the molecule is C[C@H](CN=O)C1CCC2C3C[C@H](C)C4CCCCC4(C)[C@H]3CCC21C. The molecule has 0 saturated heterocycles. The number of hydrogen-bond donors (Lipinski definition) is 0. The number of hydrogen-bond acceptors (Lipinski definition) is 2. The molecule has 4 rings (SSSR count). The van der Waals surface area contributed by atoms with Gasteiger partial charge in [-0.1, -0.05) is 45.7 Å². The van der Waals surface area contributed by atoms with Crippen LogP contribution in [0.1, 0.15) is 85.5 Å². The largest absolute Gasteiger partial charge is 0.151 e. The van der Waals surface area contributed by atoms with E-state index in [0.29, 0.717) is 23.3 Å². The van der Waals surface area contributed by atoms with Gasteiger partial charge in [0.2, 0.25) is 0 Å². The first-order chi connectivity index (χ1) is 11.9. The normalized spacial score (nSPS) is 53.4. The van der Waals surface area contributed by atoms with Gasteiger partial charge in [0.15, 0.2) is 0 Å². The molecule has 25 heavy (non-hydrogen) atoms. The standard InChI is InChI=1S/C23H39NO/c1-15-13-17-20-9-8-19(16(2)14-24-25)23(20,4)12-10-21(17)22(3)11-6-5-7-18(15)22/h15-21H,5-14H2,1-4H3/t15-,16+,17?,18?,19?,20?,21-,22?,23?/m0/s1. The minimum atomic E-state index is 0.475. The minimum absolute atomic E-state index is 0.475. The van der Waals surface area contributed by atoms with Crippen molar-refractivity contribution in [2.75, 3.05) is 6.54 Å². The fourth-order valence-electron chi connectivity index (χ4n) is 9.03. The van der Waals surface area contributed by atoms with Gasteiger partial charge >= 0.3 is 0 Å².